The zero-order chi connectivity index (χ0) is 14.7. The van der Waals surface area contributed by atoms with Crippen LogP contribution >= 0.6 is 0 Å². The molecule has 3 heteroatoms. The van der Waals surface area contributed by atoms with E-state index in [0.29, 0.717) is 0 Å². The number of likely N-dealkylation sites (N-methyl/N-ethyl adjacent to an activating group) is 1. The van der Waals surface area contributed by atoms with Gasteiger partial charge in [-0.3, -0.25) is 4.90 Å². The summed E-state index contributed by atoms with van der Waals surface area (Å²) in [6, 6.07) is 10.8. The van der Waals surface area contributed by atoms with Crippen molar-refractivity contribution >= 4 is 0 Å². The van der Waals surface area contributed by atoms with Crippen LogP contribution in [-0.4, -0.2) is 55.6 Å². The summed E-state index contributed by atoms with van der Waals surface area (Å²) in [5.74, 6) is 0. The maximum absolute atomic E-state index is 3.58. The Labute approximate surface area is 129 Å². The second kappa shape index (κ2) is 6.91. The first-order valence-electron chi connectivity index (χ1n) is 8.41. The number of rotatable bonds is 7. The Bertz CT molecular complexity index is 436. The monoisotopic (exact) mass is 287 g/mol. The first-order valence-corrected chi connectivity index (χ1v) is 8.41. The molecule has 2 fully saturated rings. The highest BCUT2D eigenvalue weighted by Crippen LogP contribution is 2.19. The van der Waals surface area contributed by atoms with Gasteiger partial charge in [-0.05, 0) is 57.5 Å². The van der Waals surface area contributed by atoms with Crippen molar-refractivity contribution in [2.45, 2.75) is 44.3 Å². The Morgan fingerprint density at radius 1 is 1.10 bits per heavy atom. The zero-order valence-electron chi connectivity index (χ0n) is 13.5. The molecule has 1 aliphatic heterocycles. The van der Waals surface area contributed by atoms with Crippen molar-refractivity contribution in [3.63, 3.8) is 0 Å². The molecule has 1 aliphatic carbocycles. The standard InChI is InChI=1S/C18H29N3/c1-20(2)18-10-12-21(14-18)13-16-5-3-15(4-6-16)9-11-19-17-7-8-17/h3-6,17-19H,7-14H2,1-2H3. The van der Waals surface area contributed by atoms with Crippen LogP contribution in [0.4, 0.5) is 0 Å². The van der Waals surface area contributed by atoms with E-state index in [4.69, 9.17) is 0 Å². The largest absolute Gasteiger partial charge is 0.314 e. The van der Waals surface area contributed by atoms with Gasteiger partial charge in [-0.2, -0.15) is 0 Å². The molecule has 1 N–H and O–H groups in total. The Kier molecular flexibility index (Phi) is 4.94. The van der Waals surface area contributed by atoms with Crippen LogP contribution in [0.25, 0.3) is 0 Å². The molecule has 3 nitrogen and oxygen atoms in total. The van der Waals surface area contributed by atoms with E-state index >= 15 is 0 Å². The maximum Gasteiger partial charge on any atom is 0.0234 e. The lowest BCUT2D eigenvalue weighted by Gasteiger charge is -2.20. The van der Waals surface area contributed by atoms with Gasteiger partial charge in [0.05, 0.1) is 0 Å². The summed E-state index contributed by atoms with van der Waals surface area (Å²) in [6.45, 7) is 4.67. The van der Waals surface area contributed by atoms with Gasteiger partial charge in [0, 0.05) is 31.7 Å². The van der Waals surface area contributed by atoms with Gasteiger partial charge in [-0.15, -0.1) is 0 Å². The van der Waals surface area contributed by atoms with Crippen LogP contribution < -0.4 is 5.32 Å². The molecule has 1 aromatic rings. The first-order chi connectivity index (χ1) is 10.2. The number of nitrogens with zero attached hydrogens (tertiary/aromatic N) is 2. The van der Waals surface area contributed by atoms with E-state index in [1.807, 2.05) is 0 Å². The second-order valence-corrected chi connectivity index (χ2v) is 6.94. The second-order valence-electron chi connectivity index (χ2n) is 6.94. The summed E-state index contributed by atoms with van der Waals surface area (Å²) in [5, 5.41) is 3.58. The van der Waals surface area contributed by atoms with Crippen LogP contribution in [0.15, 0.2) is 24.3 Å². The molecule has 1 heterocycles. The zero-order valence-corrected chi connectivity index (χ0v) is 13.5. The van der Waals surface area contributed by atoms with Crippen molar-refractivity contribution in [3.8, 4) is 0 Å². The van der Waals surface area contributed by atoms with Gasteiger partial charge in [0.2, 0.25) is 0 Å². The van der Waals surface area contributed by atoms with Gasteiger partial charge in [0.1, 0.15) is 0 Å². The van der Waals surface area contributed by atoms with Crippen molar-refractivity contribution in [2.24, 2.45) is 0 Å². The molecule has 1 saturated carbocycles. The number of hydrogen-bond acceptors (Lipinski definition) is 3. The fourth-order valence-electron chi connectivity index (χ4n) is 3.15. The summed E-state index contributed by atoms with van der Waals surface area (Å²) in [4.78, 5) is 4.93. The molecular weight excluding hydrogens is 258 g/mol. The average Bonchev–Trinajstić information content (AvgIpc) is 3.17. The van der Waals surface area contributed by atoms with Gasteiger partial charge in [0.15, 0.2) is 0 Å². The molecule has 0 aromatic heterocycles. The highest BCUT2D eigenvalue weighted by molar-refractivity contribution is 5.23. The van der Waals surface area contributed by atoms with E-state index in [0.717, 1.165) is 31.6 Å². The summed E-state index contributed by atoms with van der Waals surface area (Å²) >= 11 is 0. The highest BCUT2D eigenvalue weighted by atomic mass is 15.2. The molecular formula is C18H29N3. The Morgan fingerprint density at radius 3 is 2.43 bits per heavy atom. The third-order valence-corrected chi connectivity index (χ3v) is 4.83. The molecule has 1 saturated heterocycles. The van der Waals surface area contributed by atoms with Gasteiger partial charge in [-0.1, -0.05) is 24.3 Å². The maximum atomic E-state index is 3.58. The average molecular weight is 287 g/mol. The number of hydrogen-bond donors (Lipinski definition) is 1. The van der Waals surface area contributed by atoms with Crippen LogP contribution in [0, 0.1) is 0 Å². The topological polar surface area (TPSA) is 18.5 Å². The van der Waals surface area contributed by atoms with Crippen molar-refractivity contribution in [3.05, 3.63) is 35.4 Å². The molecule has 0 bridgehead atoms. The fourth-order valence-corrected chi connectivity index (χ4v) is 3.15. The predicted molar refractivity (Wildman–Crippen MR) is 88.5 cm³/mol. The normalized spacial score (nSPS) is 23.1. The molecule has 0 amide bonds. The summed E-state index contributed by atoms with van der Waals surface area (Å²) in [7, 11) is 4.39. The van der Waals surface area contributed by atoms with E-state index in [1.54, 1.807) is 0 Å². The van der Waals surface area contributed by atoms with Crippen molar-refractivity contribution in [2.75, 3.05) is 33.7 Å². The molecule has 21 heavy (non-hydrogen) atoms. The lowest BCUT2D eigenvalue weighted by atomic mass is 10.1. The van der Waals surface area contributed by atoms with E-state index in [-0.39, 0.29) is 0 Å². The van der Waals surface area contributed by atoms with Gasteiger partial charge < -0.3 is 10.2 Å². The van der Waals surface area contributed by atoms with Crippen molar-refractivity contribution < 1.29 is 0 Å². The first kappa shape index (κ1) is 15.0. The van der Waals surface area contributed by atoms with Crippen LogP contribution in [0.1, 0.15) is 30.4 Å². The highest BCUT2D eigenvalue weighted by Gasteiger charge is 2.23. The lowest BCUT2D eigenvalue weighted by molar-refractivity contribution is 0.264. The summed E-state index contributed by atoms with van der Waals surface area (Å²) < 4.78 is 0. The molecule has 116 valence electrons. The number of benzene rings is 1. The summed E-state index contributed by atoms with van der Waals surface area (Å²) in [5.41, 5.74) is 2.91. The molecule has 0 radical (unpaired) electrons. The van der Waals surface area contributed by atoms with Crippen LogP contribution in [0.3, 0.4) is 0 Å². The van der Waals surface area contributed by atoms with Crippen LogP contribution in [-0.2, 0) is 13.0 Å². The minimum atomic E-state index is 0.734. The Balaban J connectivity index is 1.43. The molecule has 1 atom stereocenters. The van der Waals surface area contributed by atoms with E-state index in [2.05, 4.69) is 53.5 Å². The van der Waals surface area contributed by atoms with Crippen LogP contribution in [0.2, 0.25) is 0 Å². The number of nitrogens with one attached hydrogen (secondary N) is 1. The third-order valence-electron chi connectivity index (χ3n) is 4.83. The lowest BCUT2D eigenvalue weighted by Crippen LogP contribution is -2.31. The van der Waals surface area contributed by atoms with E-state index in [1.165, 1.54) is 43.5 Å². The quantitative estimate of drug-likeness (QED) is 0.829. The minimum Gasteiger partial charge on any atom is -0.314 e. The van der Waals surface area contributed by atoms with E-state index in [9.17, 15) is 0 Å². The Morgan fingerprint density at radius 2 is 1.81 bits per heavy atom. The van der Waals surface area contributed by atoms with Gasteiger partial charge in [-0.25, -0.2) is 0 Å². The smallest absolute Gasteiger partial charge is 0.0234 e. The number of likely N-dealkylation sites (tertiary alicyclic amines) is 1. The molecule has 1 aromatic carbocycles. The van der Waals surface area contributed by atoms with Gasteiger partial charge in [0.25, 0.3) is 0 Å². The third kappa shape index (κ3) is 4.53. The van der Waals surface area contributed by atoms with E-state index < -0.39 is 0 Å². The molecule has 3 rings (SSSR count). The SMILES string of the molecule is CN(C)C1CCN(Cc2ccc(CCNC3CC3)cc2)C1. The van der Waals surface area contributed by atoms with Crippen LogP contribution in [0.5, 0.6) is 0 Å². The van der Waals surface area contributed by atoms with Crippen molar-refractivity contribution in [1.82, 2.24) is 15.1 Å². The molecule has 1 unspecified atom stereocenters. The van der Waals surface area contributed by atoms with Crippen molar-refractivity contribution in [1.29, 1.82) is 0 Å². The predicted octanol–water partition coefficient (Wildman–Crippen LogP) is 2.12. The molecule has 0 spiro atoms. The Hall–Kier alpha value is -0.900. The van der Waals surface area contributed by atoms with Gasteiger partial charge >= 0.3 is 0 Å². The minimum absolute atomic E-state index is 0.734. The molecule has 2 aliphatic rings. The fraction of sp³-hybridized carbons (Fsp3) is 0.667. The summed E-state index contributed by atoms with van der Waals surface area (Å²) in [6.07, 6.45) is 5.21.